The van der Waals surface area contributed by atoms with Crippen molar-refractivity contribution in [1.29, 1.82) is 0 Å². The standard InChI is InChI=1S/C20H24N4O2S/c1-15(24-11-9-23(10-12-24)14-18-4-3-13-27-18)19-21-22-20(26-19)16-5-7-17(25-2)8-6-16/h3-8,13,15H,9-12,14H2,1-2H3/t15-/m0/s1. The number of hydrogen-bond acceptors (Lipinski definition) is 7. The highest BCUT2D eigenvalue weighted by Crippen LogP contribution is 2.26. The first-order valence-electron chi connectivity index (χ1n) is 9.19. The Morgan fingerprint density at radius 1 is 1.11 bits per heavy atom. The fraction of sp³-hybridized carbons (Fsp3) is 0.400. The number of methoxy groups -OCH3 is 1. The summed E-state index contributed by atoms with van der Waals surface area (Å²) >= 11 is 1.83. The predicted molar refractivity (Wildman–Crippen MR) is 106 cm³/mol. The van der Waals surface area contributed by atoms with Crippen molar-refractivity contribution in [1.82, 2.24) is 20.0 Å². The van der Waals surface area contributed by atoms with Crippen LogP contribution in [0.5, 0.6) is 5.75 Å². The molecule has 1 aliphatic heterocycles. The Hall–Kier alpha value is -2.22. The van der Waals surface area contributed by atoms with Crippen LogP contribution < -0.4 is 4.74 Å². The van der Waals surface area contributed by atoms with Crippen LogP contribution in [0.1, 0.15) is 23.7 Å². The largest absolute Gasteiger partial charge is 0.497 e. The number of piperazine rings is 1. The Bertz CT molecular complexity index is 839. The summed E-state index contributed by atoms with van der Waals surface area (Å²) in [4.78, 5) is 6.35. The van der Waals surface area contributed by atoms with Crippen LogP contribution in [-0.2, 0) is 6.54 Å². The van der Waals surface area contributed by atoms with Gasteiger partial charge in [0.1, 0.15) is 5.75 Å². The van der Waals surface area contributed by atoms with Crippen LogP contribution in [0, 0.1) is 0 Å². The van der Waals surface area contributed by atoms with Crippen LogP contribution in [0.2, 0.25) is 0 Å². The molecule has 0 aliphatic carbocycles. The van der Waals surface area contributed by atoms with Gasteiger partial charge in [-0.15, -0.1) is 21.5 Å². The third-order valence-corrected chi connectivity index (χ3v) is 5.91. The lowest BCUT2D eigenvalue weighted by Crippen LogP contribution is -2.46. The van der Waals surface area contributed by atoms with Crippen LogP contribution in [0.3, 0.4) is 0 Å². The number of nitrogens with zero attached hydrogens (tertiary/aromatic N) is 4. The normalized spacial score (nSPS) is 17.1. The van der Waals surface area contributed by atoms with Crippen LogP contribution >= 0.6 is 11.3 Å². The van der Waals surface area contributed by atoms with Crippen molar-refractivity contribution in [2.75, 3.05) is 33.3 Å². The minimum absolute atomic E-state index is 0.119. The molecule has 0 amide bonds. The van der Waals surface area contributed by atoms with E-state index in [1.807, 2.05) is 35.6 Å². The first-order chi connectivity index (χ1) is 13.2. The van der Waals surface area contributed by atoms with E-state index in [9.17, 15) is 0 Å². The molecule has 1 aromatic carbocycles. The highest BCUT2D eigenvalue weighted by atomic mass is 32.1. The summed E-state index contributed by atoms with van der Waals surface area (Å²) in [6.45, 7) is 7.31. The van der Waals surface area contributed by atoms with E-state index in [0.29, 0.717) is 11.8 Å². The molecule has 142 valence electrons. The summed E-state index contributed by atoms with van der Waals surface area (Å²) in [6, 6.07) is 12.1. The summed E-state index contributed by atoms with van der Waals surface area (Å²) in [6.07, 6.45) is 0. The molecule has 1 saturated heterocycles. The maximum absolute atomic E-state index is 5.95. The third kappa shape index (κ3) is 4.21. The summed E-state index contributed by atoms with van der Waals surface area (Å²) in [7, 11) is 1.65. The number of aromatic nitrogens is 2. The molecule has 0 N–H and O–H groups in total. The molecule has 1 fully saturated rings. The molecule has 0 spiro atoms. The van der Waals surface area contributed by atoms with Crippen molar-refractivity contribution in [3.63, 3.8) is 0 Å². The zero-order chi connectivity index (χ0) is 18.6. The summed E-state index contributed by atoms with van der Waals surface area (Å²) in [5.41, 5.74) is 0.905. The number of thiophene rings is 1. The van der Waals surface area contributed by atoms with Crippen molar-refractivity contribution < 1.29 is 9.15 Å². The van der Waals surface area contributed by atoms with E-state index >= 15 is 0 Å². The second-order valence-electron chi connectivity index (χ2n) is 6.74. The van der Waals surface area contributed by atoms with Crippen LogP contribution in [-0.4, -0.2) is 53.3 Å². The molecule has 6 nitrogen and oxygen atoms in total. The fourth-order valence-electron chi connectivity index (χ4n) is 3.34. The van der Waals surface area contributed by atoms with Gasteiger partial charge in [0.15, 0.2) is 0 Å². The van der Waals surface area contributed by atoms with Crippen molar-refractivity contribution >= 4 is 11.3 Å². The Labute approximate surface area is 163 Å². The summed E-state index contributed by atoms with van der Waals surface area (Å²) in [5, 5.41) is 10.7. The number of ether oxygens (including phenoxy) is 1. The molecule has 7 heteroatoms. The van der Waals surface area contributed by atoms with Crippen molar-refractivity contribution in [2.45, 2.75) is 19.5 Å². The second kappa shape index (κ2) is 8.21. The van der Waals surface area contributed by atoms with Gasteiger partial charge in [-0.2, -0.15) is 0 Å². The van der Waals surface area contributed by atoms with Gasteiger partial charge in [0.2, 0.25) is 11.8 Å². The average Bonchev–Trinajstić information content (AvgIpc) is 3.40. The maximum Gasteiger partial charge on any atom is 0.247 e. The lowest BCUT2D eigenvalue weighted by Gasteiger charge is -2.36. The van der Waals surface area contributed by atoms with Gasteiger partial charge in [-0.25, -0.2) is 0 Å². The summed E-state index contributed by atoms with van der Waals surface area (Å²) < 4.78 is 11.1. The molecule has 3 heterocycles. The van der Waals surface area contributed by atoms with Crippen LogP contribution in [0.4, 0.5) is 0 Å². The average molecular weight is 385 g/mol. The number of hydrogen-bond donors (Lipinski definition) is 0. The maximum atomic E-state index is 5.95. The van der Waals surface area contributed by atoms with Gasteiger partial charge < -0.3 is 9.15 Å². The van der Waals surface area contributed by atoms with E-state index in [-0.39, 0.29) is 6.04 Å². The van der Waals surface area contributed by atoms with E-state index < -0.39 is 0 Å². The minimum atomic E-state index is 0.119. The van der Waals surface area contributed by atoms with Crippen LogP contribution in [0.25, 0.3) is 11.5 Å². The van der Waals surface area contributed by atoms with Gasteiger partial charge in [-0.05, 0) is 42.6 Å². The molecule has 4 rings (SSSR count). The molecule has 0 bridgehead atoms. The molecular formula is C20H24N4O2S. The number of rotatable bonds is 6. The second-order valence-corrected chi connectivity index (χ2v) is 7.77. The molecule has 0 unspecified atom stereocenters. The molecule has 3 aromatic rings. The van der Waals surface area contributed by atoms with E-state index in [2.05, 4.69) is 44.4 Å². The van der Waals surface area contributed by atoms with Gasteiger partial charge in [0.25, 0.3) is 0 Å². The van der Waals surface area contributed by atoms with E-state index in [1.54, 1.807) is 7.11 Å². The van der Waals surface area contributed by atoms with Crippen molar-refractivity contribution in [3.8, 4) is 17.2 Å². The Morgan fingerprint density at radius 3 is 2.56 bits per heavy atom. The first-order valence-corrected chi connectivity index (χ1v) is 10.1. The third-order valence-electron chi connectivity index (χ3n) is 5.05. The highest BCUT2D eigenvalue weighted by Gasteiger charge is 2.26. The highest BCUT2D eigenvalue weighted by molar-refractivity contribution is 7.09. The minimum Gasteiger partial charge on any atom is -0.497 e. The van der Waals surface area contributed by atoms with Gasteiger partial charge >= 0.3 is 0 Å². The van der Waals surface area contributed by atoms with E-state index in [4.69, 9.17) is 9.15 Å². The van der Waals surface area contributed by atoms with Gasteiger partial charge in [-0.3, -0.25) is 9.80 Å². The van der Waals surface area contributed by atoms with Gasteiger partial charge in [-0.1, -0.05) is 6.07 Å². The molecular weight excluding hydrogens is 360 g/mol. The van der Waals surface area contributed by atoms with Gasteiger partial charge in [0.05, 0.1) is 13.2 Å². The molecule has 0 saturated carbocycles. The molecule has 2 aromatic heterocycles. The first kappa shape index (κ1) is 18.2. The zero-order valence-electron chi connectivity index (χ0n) is 15.7. The predicted octanol–water partition coefficient (Wildman–Crippen LogP) is 3.69. The molecule has 0 radical (unpaired) electrons. The summed E-state index contributed by atoms with van der Waals surface area (Å²) in [5.74, 6) is 2.04. The van der Waals surface area contributed by atoms with Crippen molar-refractivity contribution in [3.05, 3.63) is 52.5 Å². The number of benzene rings is 1. The Kier molecular flexibility index (Phi) is 5.52. The smallest absolute Gasteiger partial charge is 0.247 e. The van der Waals surface area contributed by atoms with Crippen LogP contribution in [0.15, 0.2) is 46.2 Å². The molecule has 1 aliphatic rings. The monoisotopic (exact) mass is 384 g/mol. The lowest BCUT2D eigenvalue weighted by atomic mass is 10.2. The fourth-order valence-corrected chi connectivity index (χ4v) is 4.09. The van der Waals surface area contributed by atoms with E-state index in [0.717, 1.165) is 44.0 Å². The Morgan fingerprint density at radius 2 is 1.89 bits per heavy atom. The zero-order valence-corrected chi connectivity index (χ0v) is 16.5. The van der Waals surface area contributed by atoms with E-state index in [1.165, 1.54) is 4.88 Å². The molecule has 1 atom stereocenters. The Balaban J connectivity index is 1.36. The molecule has 27 heavy (non-hydrogen) atoms. The van der Waals surface area contributed by atoms with Gasteiger partial charge in [0, 0.05) is 43.2 Å². The lowest BCUT2D eigenvalue weighted by molar-refractivity contribution is 0.0881. The quantitative estimate of drug-likeness (QED) is 0.646. The SMILES string of the molecule is COc1ccc(-c2nnc([C@H](C)N3CCN(Cc4cccs4)CC3)o2)cc1. The van der Waals surface area contributed by atoms with Crippen molar-refractivity contribution in [2.24, 2.45) is 0 Å². The topological polar surface area (TPSA) is 54.6 Å².